The van der Waals surface area contributed by atoms with Crippen LogP contribution >= 0.6 is 0 Å². The molecule has 3 heteroatoms. The Bertz CT molecular complexity index is 588. The van der Waals surface area contributed by atoms with Crippen molar-refractivity contribution in [3.05, 3.63) is 52.8 Å². The SMILES string of the molecule is CCc1cc(CC(N)c2ccc(C(C)(C)C)cc2)n(C)n1. The van der Waals surface area contributed by atoms with Gasteiger partial charge in [0, 0.05) is 25.2 Å². The van der Waals surface area contributed by atoms with Crippen molar-refractivity contribution in [2.45, 2.75) is 52.0 Å². The maximum Gasteiger partial charge on any atom is 0.0624 e. The summed E-state index contributed by atoms with van der Waals surface area (Å²) in [5.41, 5.74) is 11.4. The zero-order chi connectivity index (χ0) is 15.6. The van der Waals surface area contributed by atoms with E-state index in [1.54, 1.807) is 0 Å². The van der Waals surface area contributed by atoms with Gasteiger partial charge in [0.1, 0.15) is 0 Å². The fourth-order valence-corrected chi connectivity index (χ4v) is 2.51. The highest BCUT2D eigenvalue weighted by atomic mass is 15.3. The van der Waals surface area contributed by atoms with Gasteiger partial charge in [-0.25, -0.2) is 0 Å². The highest BCUT2D eigenvalue weighted by Gasteiger charge is 2.15. The molecule has 1 aromatic heterocycles. The van der Waals surface area contributed by atoms with Crippen molar-refractivity contribution in [2.75, 3.05) is 0 Å². The van der Waals surface area contributed by atoms with Crippen LogP contribution in [0, 0.1) is 0 Å². The molecule has 0 aliphatic rings. The van der Waals surface area contributed by atoms with Crippen molar-refractivity contribution in [1.82, 2.24) is 9.78 Å². The smallest absolute Gasteiger partial charge is 0.0624 e. The lowest BCUT2D eigenvalue weighted by molar-refractivity contribution is 0.588. The first-order valence-electron chi connectivity index (χ1n) is 7.69. The van der Waals surface area contributed by atoms with E-state index in [2.05, 4.69) is 63.1 Å². The first-order valence-corrected chi connectivity index (χ1v) is 7.69. The molecule has 0 bridgehead atoms. The molecule has 2 aromatic rings. The topological polar surface area (TPSA) is 43.8 Å². The molecule has 0 fully saturated rings. The van der Waals surface area contributed by atoms with Gasteiger partial charge in [0.15, 0.2) is 0 Å². The van der Waals surface area contributed by atoms with E-state index in [1.165, 1.54) is 16.8 Å². The Morgan fingerprint density at radius 1 is 1.19 bits per heavy atom. The van der Waals surface area contributed by atoms with Crippen LogP contribution in [0.1, 0.15) is 56.3 Å². The molecule has 1 heterocycles. The fraction of sp³-hybridized carbons (Fsp3) is 0.500. The minimum atomic E-state index is 0.0131. The monoisotopic (exact) mass is 285 g/mol. The lowest BCUT2D eigenvalue weighted by Crippen LogP contribution is -2.16. The van der Waals surface area contributed by atoms with E-state index in [4.69, 9.17) is 5.73 Å². The van der Waals surface area contributed by atoms with E-state index in [9.17, 15) is 0 Å². The Balaban J connectivity index is 2.13. The average Bonchev–Trinajstić information content (AvgIpc) is 2.78. The van der Waals surface area contributed by atoms with Crippen LogP contribution in [0.4, 0.5) is 0 Å². The minimum absolute atomic E-state index is 0.0131. The fourth-order valence-electron chi connectivity index (χ4n) is 2.51. The number of aromatic nitrogens is 2. The van der Waals surface area contributed by atoms with Crippen LogP contribution in [0.25, 0.3) is 0 Å². The van der Waals surface area contributed by atoms with Gasteiger partial charge in [0.2, 0.25) is 0 Å². The summed E-state index contributed by atoms with van der Waals surface area (Å²) in [6, 6.07) is 10.9. The van der Waals surface area contributed by atoms with Gasteiger partial charge in [-0.15, -0.1) is 0 Å². The lowest BCUT2D eigenvalue weighted by atomic mass is 9.86. The molecule has 1 atom stereocenters. The normalized spacial score (nSPS) is 13.4. The van der Waals surface area contributed by atoms with E-state index in [-0.39, 0.29) is 11.5 Å². The summed E-state index contributed by atoms with van der Waals surface area (Å²) in [5.74, 6) is 0. The molecular weight excluding hydrogens is 258 g/mol. The third-order valence-corrected chi connectivity index (χ3v) is 4.02. The summed E-state index contributed by atoms with van der Waals surface area (Å²) in [6.45, 7) is 8.80. The quantitative estimate of drug-likeness (QED) is 0.934. The molecule has 3 nitrogen and oxygen atoms in total. The number of aryl methyl sites for hydroxylation is 2. The van der Waals surface area contributed by atoms with Gasteiger partial charge in [-0.05, 0) is 29.0 Å². The van der Waals surface area contributed by atoms with Crippen LogP contribution in [0.3, 0.4) is 0 Å². The van der Waals surface area contributed by atoms with Crippen LogP contribution < -0.4 is 5.73 Å². The molecule has 0 amide bonds. The second-order valence-electron chi connectivity index (χ2n) is 6.79. The van der Waals surface area contributed by atoms with E-state index < -0.39 is 0 Å². The molecule has 2 N–H and O–H groups in total. The molecule has 1 unspecified atom stereocenters. The molecule has 0 saturated carbocycles. The highest BCUT2D eigenvalue weighted by molar-refractivity contribution is 5.30. The predicted molar refractivity (Wildman–Crippen MR) is 88.4 cm³/mol. The van der Waals surface area contributed by atoms with Gasteiger partial charge in [-0.3, -0.25) is 4.68 Å². The Labute approximate surface area is 128 Å². The van der Waals surface area contributed by atoms with Gasteiger partial charge in [-0.2, -0.15) is 5.10 Å². The highest BCUT2D eigenvalue weighted by Crippen LogP contribution is 2.24. The molecule has 0 saturated heterocycles. The molecular formula is C18H27N3. The number of benzene rings is 1. The minimum Gasteiger partial charge on any atom is -0.324 e. The largest absolute Gasteiger partial charge is 0.324 e. The Morgan fingerprint density at radius 2 is 1.81 bits per heavy atom. The zero-order valence-electron chi connectivity index (χ0n) is 13.9. The molecule has 0 aliphatic carbocycles. The molecule has 1 aromatic carbocycles. The van der Waals surface area contributed by atoms with E-state index in [0.29, 0.717) is 0 Å². The lowest BCUT2D eigenvalue weighted by Gasteiger charge is -2.20. The molecule has 0 spiro atoms. The van der Waals surface area contributed by atoms with Crippen LogP contribution in [-0.2, 0) is 25.3 Å². The molecule has 2 rings (SSSR count). The summed E-state index contributed by atoms with van der Waals surface area (Å²) in [7, 11) is 1.99. The number of hydrogen-bond donors (Lipinski definition) is 1. The third kappa shape index (κ3) is 3.73. The van der Waals surface area contributed by atoms with E-state index in [0.717, 1.165) is 18.5 Å². The van der Waals surface area contributed by atoms with Crippen molar-refractivity contribution < 1.29 is 0 Å². The number of nitrogens with two attached hydrogens (primary N) is 1. The van der Waals surface area contributed by atoms with Crippen molar-refractivity contribution in [3.8, 4) is 0 Å². The molecule has 114 valence electrons. The van der Waals surface area contributed by atoms with Crippen LogP contribution in [-0.4, -0.2) is 9.78 Å². The molecule has 0 radical (unpaired) electrons. The van der Waals surface area contributed by atoms with E-state index >= 15 is 0 Å². The second kappa shape index (κ2) is 6.02. The summed E-state index contributed by atoms with van der Waals surface area (Å²) < 4.78 is 1.95. The van der Waals surface area contributed by atoms with Gasteiger partial charge < -0.3 is 5.73 Å². The van der Waals surface area contributed by atoms with Gasteiger partial charge in [0.05, 0.1) is 5.69 Å². The first-order chi connectivity index (χ1) is 9.81. The number of hydrogen-bond acceptors (Lipinski definition) is 2. The van der Waals surface area contributed by atoms with Crippen LogP contribution in [0.5, 0.6) is 0 Å². The summed E-state index contributed by atoms with van der Waals surface area (Å²) in [6.07, 6.45) is 1.78. The van der Waals surface area contributed by atoms with Crippen molar-refractivity contribution in [3.63, 3.8) is 0 Å². The van der Waals surface area contributed by atoms with Crippen LogP contribution in [0.2, 0.25) is 0 Å². The second-order valence-corrected chi connectivity index (χ2v) is 6.79. The Kier molecular flexibility index (Phi) is 4.52. The molecule has 0 aliphatic heterocycles. The summed E-state index contributed by atoms with van der Waals surface area (Å²) in [4.78, 5) is 0. The Hall–Kier alpha value is -1.61. The van der Waals surface area contributed by atoms with Crippen molar-refractivity contribution in [2.24, 2.45) is 12.8 Å². The first kappa shape index (κ1) is 15.8. The maximum atomic E-state index is 6.36. The maximum absolute atomic E-state index is 6.36. The van der Waals surface area contributed by atoms with Crippen molar-refractivity contribution >= 4 is 0 Å². The third-order valence-electron chi connectivity index (χ3n) is 4.02. The number of rotatable bonds is 4. The van der Waals surface area contributed by atoms with E-state index in [1.807, 2.05) is 11.7 Å². The van der Waals surface area contributed by atoms with Crippen LogP contribution in [0.15, 0.2) is 30.3 Å². The van der Waals surface area contributed by atoms with Gasteiger partial charge in [0.25, 0.3) is 0 Å². The Morgan fingerprint density at radius 3 is 2.29 bits per heavy atom. The zero-order valence-corrected chi connectivity index (χ0v) is 13.9. The molecule has 21 heavy (non-hydrogen) atoms. The summed E-state index contributed by atoms with van der Waals surface area (Å²) >= 11 is 0. The van der Waals surface area contributed by atoms with Gasteiger partial charge >= 0.3 is 0 Å². The predicted octanol–water partition coefficient (Wildman–Crippen LogP) is 3.52. The summed E-state index contributed by atoms with van der Waals surface area (Å²) in [5, 5.41) is 4.48. The van der Waals surface area contributed by atoms with Crippen molar-refractivity contribution in [1.29, 1.82) is 0 Å². The average molecular weight is 285 g/mol. The number of nitrogens with zero attached hydrogens (tertiary/aromatic N) is 2. The van der Waals surface area contributed by atoms with Gasteiger partial charge in [-0.1, -0.05) is 52.0 Å². The standard InChI is InChI=1S/C18H27N3/c1-6-15-11-16(21(5)20-15)12-17(19)13-7-9-14(10-8-13)18(2,3)4/h7-11,17H,6,12,19H2,1-5H3.